The Labute approximate surface area is 128 Å². The van der Waals surface area contributed by atoms with Crippen LogP contribution in [-0.2, 0) is 13.1 Å². The summed E-state index contributed by atoms with van der Waals surface area (Å²) in [5.41, 5.74) is 2.60. The molecule has 22 heavy (non-hydrogen) atoms. The van der Waals surface area contributed by atoms with Crippen molar-refractivity contribution in [1.29, 1.82) is 0 Å². The number of rotatable bonds is 2. The zero-order valence-corrected chi connectivity index (χ0v) is 12.4. The van der Waals surface area contributed by atoms with Crippen molar-refractivity contribution in [3.05, 3.63) is 41.1 Å². The van der Waals surface area contributed by atoms with E-state index in [4.69, 9.17) is 0 Å². The Hall–Kier alpha value is -2.57. The lowest BCUT2D eigenvalue weighted by molar-refractivity contribution is 0.0750. The Morgan fingerprint density at radius 3 is 2.73 bits per heavy atom. The molecule has 112 valence electrons. The molecule has 0 bridgehead atoms. The summed E-state index contributed by atoms with van der Waals surface area (Å²) in [5, 5.41) is 7.49. The molecule has 2 aliphatic heterocycles. The van der Waals surface area contributed by atoms with E-state index < -0.39 is 0 Å². The van der Waals surface area contributed by atoms with Crippen LogP contribution >= 0.6 is 0 Å². The highest BCUT2D eigenvalue weighted by Gasteiger charge is 2.31. The molecule has 2 aromatic heterocycles. The number of hydrogen-bond donors (Lipinski definition) is 0. The summed E-state index contributed by atoms with van der Waals surface area (Å²) in [7, 11) is 0. The van der Waals surface area contributed by atoms with Crippen LogP contribution in [0.5, 0.6) is 0 Å². The fourth-order valence-electron chi connectivity index (χ4n) is 2.89. The van der Waals surface area contributed by atoms with Crippen molar-refractivity contribution in [2.75, 3.05) is 18.0 Å². The topological polar surface area (TPSA) is 75.1 Å². The summed E-state index contributed by atoms with van der Waals surface area (Å²) >= 11 is 0. The number of anilines is 1. The van der Waals surface area contributed by atoms with Crippen LogP contribution in [-0.4, -0.2) is 44.1 Å². The fraction of sp³-hybridized carbons (Fsp3) is 0.400. The van der Waals surface area contributed by atoms with Crippen LogP contribution < -0.4 is 4.90 Å². The predicted octanol–water partition coefficient (Wildman–Crippen LogP) is 0.941. The van der Waals surface area contributed by atoms with Gasteiger partial charge in [0.15, 0.2) is 0 Å². The highest BCUT2D eigenvalue weighted by molar-refractivity contribution is 5.94. The molecule has 0 spiro atoms. The van der Waals surface area contributed by atoms with Gasteiger partial charge >= 0.3 is 0 Å². The Bertz CT molecular complexity index is 728. The standard InChI is InChI=1S/C15H16N6O/c1-10-18-13-9-21(15(22)11-3-4-16-17-7-11)8-12(13)14(19-10)20-5-2-6-20/h3-4,7H,2,5-6,8-9H2,1H3. The molecular weight excluding hydrogens is 280 g/mol. The zero-order valence-electron chi connectivity index (χ0n) is 12.4. The zero-order chi connectivity index (χ0) is 15.1. The Balaban J connectivity index is 1.64. The number of amides is 1. The van der Waals surface area contributed by atoms with Crippen molar-refractivity contribution < 1.29 is 4.79 Å². The average molecular weight is 296 g/mol. The van der Waals surface area contributed by atoms with E-state index in [1.807, 2.05) is 6.92 Å². The van der Waals surface area contributed by atoms with Gasteiger partial charge in [-0.05, 0) is 19.4 Å². The maximum absolute atomic E-state index is 12.6. The van der Waals surface area contributed by atoms with Gasteiger partial charge in [0.05, 0.1) is 36.7 Å². The minimum Gasteiger partial charge on any atom is -0.356 e. The fourth-order valence-corrected chi connectivity index (χ4v) is 2.89. The van der Waals surface area contributed by atoms with Gasteiger partial charge < -0.3 is 9.80 Å². The first-order valence-electron chi connectivity index (χ1n) is 7.39. The number of nitrogens with zero attached hydrogens (tertiary/aromatic N) is 6. The van der Waals surface area contributed by atoms with E-state index in [9.17, 15) is 4.79 Å². The van der Waals surface area contributed by atoms with E-state index >= 15 is 0 Å². The first-order valence-corrected chi connectivity index (χ1v) is 7.39. The van der Waals surface area contributed by atoms with Crippen LogP contribution in [0.4, 0.5) is 5.82 Å². The first-order chi connectivity index (χ1) is 10.7. The van der Waals surface area contributed by atoms with Crippen molar-refractivity contribution >= 4 is 11.7 Å². The second-order valence-electron chi connectivity index (χ2n) is 5.65. The lowest BCUT2D eigenvalue weighted by atomic mass is 10.1. The third-order valence-corrected chi connectivity index (χ3v) is 4.15. The largest absolute Gasteiger partial charge is 0.356 e. The van der Waals surface area contributed by atoms with Crippen LogP contribution in [0.3, 0.4) is 0 Å². The van der Waals surface area contributed by atoms with Crippen LogP contribution in [0.15, 0.2) is 18.5 Å². The summed E-state index contributed by atoms with van der Waals surface area (Å²) in [6.45, 7) is 5.06. The summed E-state index contributed by atoms with van der Waals surface area (Å²) in [4.78, 5) is 25.7. The molecule has 0 aromatic carbocycles. The van der Waals surface area contributed by atoms with Gasteiger partial charge in [-0.15, -0.1) is 0 Å². The lowest BCUT2D eigenvalue weighted by Crippen LogP contribution is -2.38. The van der Waals surface area contributed by atoms with Gasteiger partial charge in [-0.2, -0.15) is 10.2 Å². The molecule has 4 rings (SSSR count). The number of carbonyl (C=O) groups is 1. The number of carbonyl (C=O) groups excluding carboxylic acids is 1. The molecule has 4 heterocycles. The molecule has 1 fully saturated rings. The number of aromatic nitrogens is 4. The maximum atomic E-state index is 12.6. The number of hydrogen-bond acceptors (Lipinski definition) is 6. The normalized spacial score (nSPS) is 16.4. The van der Waals surface area contributed by atoms with Crippen LogP contribution in [0.1, 0.15) is 33.9 Å². The van der Waals surface area contributed by atoms with Crippen LogP contribution in [0.25, 0.3) is 0 Å². The summed E-state index contributed by atoms with van der Waals surface area (Å²) in [5.74, 6) is 1.72. The van der Waals surface area contributed by atoms with Gasteiger partial charge in [0, 0.05) is 18.7 Å². The second kappa shape index (κ2) is 5.01. The minimum atomic E-state index is -0.0416. The quantitative estimate of drug-likeness (QED) is 0.821. The molecule has 1 amide bonds. The van der Waals surface area contributed by atoms with Crippen molar-refractivity contribution in [2.24, 2.45) is 0 Å². The number of fused-ring (bicyclic) bond motifs is 1. The summed E-state index contributed by atoms with van der Waals surface area (Å²) in [6.07, 6.45) is 4.23. The summed E-state index contributed by atoms with van der Waals surface area (Å²) < 4.78 is 0. The van der Waals surface area contributed by atoms with Crippen molar-refractivity contribution in [3.8, 4) is 0 Å². The Kier molecular flexibility index (Phi) is 2.99. The van der Waals surface area contributed by atoms with E-state index in [1.54, 1.807) is 11.0 Å². The third-order valence-electron chi connectivity index (χ3n) is 4.15. The van der Waals surface area contributed by atoms with E-state index in [1.165, 1.54) is 18.8 Å². The van der Waals surface area contributed by atoms with E-state index in [2.05, 4.69) is 25.1 Å². The third kappa shape index (κ3) is 2.09. The molecule has 0 N–H and O–H groups in total. The predicted molar refractivity (Wildman–Crippen MR) is 79.2 cm³/mol. The molecule has 7 heteroatoms. The molecule has 2 aromatic rings. The smallest absolute Gasteiger partial charge is 0.256 e. The van der Waals surface area contributed by atoms with Crippen molar-refractivity contribution in [1.82, 2.24) is 25.1 Å². The lowest BCUT2D eigenvalue weighted by Gasteiger charge is -2.33. The average Bonchev–Trinajstić information content (AvgIpc) is 2.89. The van der Waals surface area contributed by atoms with Gasteiger partial charge in [0.2, 0.25) is 0 Å². The van der Waals surface area contributed by atoms with Crippen molar-refractivity contribution in [2.45, 2.75) is 26.4 Å². The SMILES string of the molecule is Cc1nc2c(c(N3CCC3)n1)CN(C(=O)c1ccnnc1)C2. The first kappa shape index (κ1) is 13.1. The van der Waals surface area contributed by atoms with Gasteiger partial charge in [-0.25, -0.2) is 9.97 Å². The minimum absolute atomic E-state index is 0.0416. The molecule has 0 saturated carbocycles. The van der Waals surface area contributed by atoms with Gasteiger partial charge in [0.1, 0.15) is 11.6 Å². The molecule has 7 nitrogen and oxygen atoms in total. The molecule has 1 saturated heterocycles. The molecule has 0 atom stereocenters. The van der Waals surface area contributed by atoms with Crippen LogP contribution in [0, 0.1) is 6.92 Å². The molecule has 2 aliphatic rings. The highest BCUT2D eigenvalue weighted by atomic mass is 16.2. The maximum Gasteiger partial charge on any atom is 0.256 e. The van der Waals surface area contributed by atoms with Gasteiger partial charge in [-0.1, -0.05) is 0 Å². The number of aryl methyl sites for hydroxylation is 1. The van der Waals surface area contributed by atoms with Crippen LogP contribution in [0.2, 0.25) is 0 Å². The van der Waals surface area contributed by atoms with E-state index in [0.717, 1.165) is 36.0 Å². The molecular formula is C15H16N6O. The highest BCUT2D eigenvalue weighted by Crippen LogP contribution is 2.32. The Morgan fingerprint density at radius 1 is 1.18 bits per heavy atom. The molecule has 0 aliphatic carbocycles. The molecule has 0 unspecified atom stereocenters. The summed E-state index contributed by atoms with van der Waals surface area (Å²) in [6, 6.07) is 1.69. The van der Waals surface area contributed by atoms with Gasteiger partial charge in [-0.3, -0.25) is 4.79 Å². The second-order valence-corrected chi connectivity index (χ2v) is 5.65. The van der Waals surface area contributed by atoms with Gasteiger partial charge in [0.25, 0.3) is 5.91 Å². The Morgan fingerprint density at radius 2 is 2.05 bits per heavy atom. The van der Waals surface area contributed by atoms with E-state index in [-0.39, 0.29) is 5.91 Å². The van der Waals surface area contributed by atoms with Crippen molar-refractivity contribution in [3.63, 3.8) is 0 Å². The molecule has 0 radical (unpaired) electrons. The van der Waals surface area contributed by atoms with E-state index in [0.29, 0.717) is 18.7 Å². The monoisotopic (exact) mass is 296 g/mol.